The quantitative estimate of drug-likeness (QED) is 0.693. The van der Waals surface area contributed by atoms with Crippen molar-refractivity contribution < 1.29 is 0 Å². The molecule has 0 aliphatic carbocycles. The van der Waals surface area contributed by atoms with Crippen molar-refractivity contribution in [3.05, 3.63) is 71.3 Å². The van der Waals surface area contributed by atoms with Crippen molar-refractivity contribution in [1.29, 1.82) is 0 Å². The van der Waals surface area contributed by atoms with E-state index in [0.29, 0.717) is 0 Å². The lowest BCUT2D eigenvalue weighted by molar-refractivity contribution is 0.100. The van der Waals surface area contributed by atoms with Gasteiger partial charge in [-0.3, -0.25) is 4.90 Å². The van der Waals surface area contributed by atoms with Crippen LogP contribution in [0.25, 0.3) is 0 Å². The highest BCUT2D eigenvalue weighted by Crippen LogP contribution is 2.40. The van der Waals surface area contributed by atoms with E-state index in [9.17, 15) is 0 Å². The van der Waals surface area contributed by atoms with Crippen molar-refractivity contribution in [2.24, 2.45) is 0 Å². The highest BCUT2D eigenvalue weighted by atomic mass is 35.5. The van der Waals surface area contributed by atoms with Crippen molar-refractivity contribution in [3.63, 3.8) is 0 Å². The maximum atomic E-state index is 2.72. The summed E-state index contributed by atoms with van der Waals surface area (Å²) in [5.74, 6) is 0. The van der Waals surface area contributed by atoms with Gasteiger partial charge in [0, 0.05) is 19.6 Å². The summed E-state index contributed by atoms with van der Waals surface area (Å²) in [6.07, 6.45) is 5.32. The van der Waals surface area contributed by atoms with Gasteiger partial charge in [0.15, 0.2) is 0 Å². The zero-order chi connectivity index (χ0) is 17.1. The van der Waals surface area contributed by atoms with Gasteiger partial charge in [-0.1, -0.05) is 61.0 Å². The van der Waals surface area contributed by atoms with E-state index < -0.39 is 0 Å². The first-order chi connectivity index (χ1) is 12.3. The molecule has 0 amide bonds. The van der Waals surface area contributed by atoms with E-state index in [-0.39, 0.29) is 30.4 Å². The van der Waals surface area contributed by atoms with Crippen LogP contribution in [0.1, 0.15) is 42.9 Å². The largest absolute Gasteiger partial charge is 0.302 e. The molecule has 0 bridgehead atoms. The number of halogens is 2. The third kappa shape index (κ3) is 4.51. The van der Waals surface area contributed by atoms with Gasteiger partial charge in [0.05, 0.1) is 5.54 Å². The van der Waals surface area contributed by atoms with Crippen LogP contribution in [-0.2, 0) is 12.0 Å². The Balaban J connectivity index is 0.00000131. The van der Waals surface area contributed by atoms with E-state index in [0.717, 1.165) is 13.1 Å². The van der Waals surface area contributed by atoms with Crippen molar-refractivity contribution in [3.8, 4) is 0 Å². The number of fused-ring (bicyclic) bond motifs is 1. The molecule has 0 saturated carbocycles. The lowest BCUT2D eigenvalue weighted by Crippen LogP contribution is -2.52. The molecule has 2 aliphatic rings. The summed E-state index contributed by atoms with van der Waals surface area (Å²) in [5, 5.41) is 0. The monoisotopic (exact) mass is 406 g/mol. The molecule has 0 aromatic heterocycles. The molecule has 2 aliphatic heterocycles. The highest BCUT2D eigenvalue weighted by molar-refractivity contribution is 5.85. The molecule has 2 aromatic rings. The number of piperidine rings is 1. The van der Waals surface area contributed by atoms with Crippen LogP contribution in [0.15, 0.2) is 54.6 Å². The predicted molar refractivity (Wildman–Crippen MR) is 119 cm³/mol. The Hall–Kier alpha value is -1.06. The Morgan fingerprint density at radius 1 is 0.778 bits per heavy atom. The number of likely N-dealkylation sites (tertiary alicyclic amines) is 1. The molecule has 0 spiro atoms. The minimum absolute atomic E-state index is 0. The summed E-state index contributed by atoms with van der Waals surface area (Å²) in [6.45, 7) is 8.50. The van der Waals surface area contributed by atoms with E-state index >= 15 is 0 Å². The van der Waals surface area contributed by atoms with Gasteiger partial charge in [0.25, 0.3) is 0 Å². The summed E-state index contributed by atoms with van der Waals surface area (Å²) < 4.78 is 0. The van der Waals surface area contributed by atoms with Gasteiger partial charge in [-0.15, -0.1) is 24.8 Å². The van der Waals surface area contributed by atoms with Crippen molar-refractivity contribution in [2.75, 3.05) is 32.7 Å². The summed E-state index contributed by atoms with van der Waals surface area (Å²) >= 11 is 0. The first-order valence-corrected chi connectivity index (χ1v) is 9.90. The average molecular weight is 407 g/mol. The highest BCUT2D eigenvalue weighted by Gasteiger charge is 2.39. The maximum Gasteiger partial charge on any atom is 0.0690 e. The van der Waals surface area contributed by atoms with Gasteiger partial charge in [0.2, 0.25) is 0 Å². The SMILES string of the molecule is CC1(c2ccccc2)c2ccccc2CCN1CCN1CCCCC1.Cl.Cl. The van der Waals surface area contributed by atoms with Crippen molar-refractivity contribution in [2.45, 2.75) is 38.1 Å². The molecule has 1 saturated heterocycles. The molecule has 4 rings (SSSR count). The van der Waals surface area contributed by atoms with Gasteiger partial charge in [-0.25, -0.2) is 0 Å². The molecule has 2 nitrogen and oxygen atoms in total. The number of hydrogen-bond acceptors (Lipinski definition) is 2. The van der Waals surface area contributed by atoms with E-state index in [4.69, 9.17) is 0 Å². The van der Waals surface area contributed by atoms with Crippen LogP contribution < -0.4 is 0 Å². The topological polar surface area (TPSA) is 6.48 Å². The summed E-state index contributed by atoms with van der Waals surface area (Å²) in [5.41, 5.74) is 4.40. The molecule has 0 N–H and O–H groups in total. The van der Waals surface area contributed by atoms with Crippen LogP contribution in [0.2, 0.25) is 0 Å². The van der Waals surface area contributed by atoms with Gasteiger partial charge in [-0.05, 0) is 56.0 Å². The number of rotatable bonds is 4. The zero-order valence-electron chi connectivity index (χ0n) is 16.3. The molecule has 2 heterocycles. The molecule has 0 radical (unpaired) electrons. The number of nitrogens with zero attached hydrogens (tertiary/aromatic N) is 2. The normalized spacial score (nSPS) is 23.0. The number of benzene rings is 2. The molecule has 4 heteroatoms. The average Bonchev–Trinajstić information content (AvgIpc) is 2.69. The lowest BCUT2D eigenvalue weighted by atomic mass is 9.77. The fraction of sp³-hybridized carbons (Fsp3) is 0.478. The van der Waals surface area contributed by atoms with E-state index in [1.165, 1.54) is 62.0 Å². The fourth-order valence-corrected chi connectivity index (χ4v) is 4.74. The number of hydrogen-bond donors (Lipinski definition) is 0. The molecule has 1 atom stereocenters. The second-order valence-corrected chi connectivity index (χ2v) is 7.73. The minimum atomic E-state index is -0.0219. The second kappa shape index (κ2) is 9.93. The Bertz CT molecular complexity index is 701. The molecule has 1 fully saturated rings. The fourth-order valence-electron chi connectivity index (χ4n) is 4.74. The van der Waals surface area contributed by atoms with Crippen LogP contribution in [0, 0.1) is 0 Å². The van der Waals surface area contributed by atoms with Gasteiger partial charge < -0.3 is 4.90 Å². The predicted octanol–water partition coefficient (Wildman–Crippen LogP) is 5.14. The van der Waals surface area contributed by atoms with Crippen molar-refractivity contribution in [1.82, 2.24) is 9.80 Å². The summed E-state index contributed by atoms with van der Waals surface area (Å²) in [6, 6.07) is 20.1. The minimum Gasteiger partial charge on any atom is -0.302 e. The van der Waals surface area contributed by atoms with Crippen molar-refractivity contribution >= 4 is 24.8 Å². The first-order valence-electron chi connectivity index (χ1n) is 9.90. The molecular weight excluding hydrogens is 375 g/mol. The van der Waals surface area contributed by atoms with E-state index in [2.05, 4.69) is 71.3 Å². The Morgan fingerprint density at radius 2 is 1.44 bits per heavy atom. The van der Waals surface area contributed by atoms with Gasteiger partial charge in [0.1, 0.15) is 0 Å². The Kier molecular flexibility index (Phi) is 8.18. The maximum absolute atomic E-state index is 2.72. The summed E-state index contributed by atoms with van der Waals surface area (Å²) in [7, 11) is 0. The molecule has 148 valence electrons. The van der Waals surface area contributed by atoms with Crippen LogP contribution in [0.4, 0.5) is 0 Å². The molecule has 1 unspecified atom stereocenters. The standard InChI is InChI=1S/C23H30N2.2ClH/c1-23(21-11-4-2-5-12-21)22-13-7-6-10-20(22)14-17-25(23)19-18-24-15-8-3-9-16-24;;/h2,4-7,10-13H,3,8-9,14-19H2,1H3;2*1H. The van der Waals surface area contributed by atoms with E-state index in [1.807, 2.05) is 0 Å². The first kappa shape index (κ1) is 22.2. The third-order valence-electron chi connectivity index (χ3n) is 6.30. The Labute approximate surface area is 176 Å². The van der Waals surface area contributed by atoms with Gasteiger partial charge >= 0.3 is 0 Å². The van der Waals surface area contributed by atoms with Crippen LogP contribution in [-0.4, -0.2) is 42.5 Å². The Morgan fingerprint density at radius 3 is 2.19 bits per heavy atom. The smallest absolute Gasteiger partial charge is 0.0690 e. The third-order valence-corrected chi connectivity index (χ3v) is 6.30. The van der Waals surface area contributed by atoms with Crippen LogP contribution >= 0.6 is 24.8 Å². The second-order valence-electron chi connectivity index (χ2n) is 7.73. The zero-order valence-corrected chi connectivity index (χ0v) is 17.9. The molecular formula is C23H32Cl2N2. The lowest BCUT2D eigenvalue weighted by Gasteiger charge is -2.47. The summed E-state index contributed by atoms with van der Waals surface area (Å²) in [4.78, 5) is 5.38. The van der Waals surface area contributed by atoms with Crippen LogP contribution in [0.3, 0.4) is 0 Å². The van der Waals surface area contributed by atoms with Crippen LogP contribution in [0.5, 0.6) is 0 Å². The van der Waals surface area contributed by atoms with Gasteiger partial charge in [-0.2, -0.15) is 0 Å². The van der Waals surface area contributed by atoms with E-state index in [1.54, 1.807) is 0 Å². The molecule has 2 aromatic carbocycles. The molecule has 27 heavy (non-hydrogen) atoms.